The Morgan fingerprint density at radius 3 is 3.00 bits per heavy atom. The van der Waals surface area contributed by atoms with E-state index in [9.17, 15) is 4.79 Å². The summed E-state index contributed by atoms with van der Waals surface area (Å²) in [5.74, 6) is 0.801. The van der Waals surface area contributed by atoms with Gasteiger partial charge in [0, 0.05) is 0 Å². The molecule has 0 spiro atoms. The van der Waals surface area contributed by atoms with Crippen LogP contribution < -0.4 is 4.74 Å². The fourth-order valence-electron chi connectivity index (χ4n) is 1.87. The third-order valence-corrected chi connectivity index (χ3v) is 2.76. The van der Waals surface area contributed by atoms with Crippen LogP contribution in [0.5, 0.6) is 5.75 Å². The summed E-state index contributed by atoms with van der Waals surface area (Å²) < 4.78 is 10.5. The van der Waals surface area contributed by atoms with Crippen molar-refractivity contribution in [1.29, 1.82) is 0 Å². The van der Waals surface area contributed by atoms with Crippen molar-refractivity contribution in [3.63, 3.8) is 0 Å². The zero-order valence-corrected chi connectivity index (χ0v) is 8.95. The highest BCUT2D eigenvalue weighted by molar-refractivity contribution is 5.84. The predicted octanol–water partition coefficient (Wildman–Crippen LogP) is 1.90. The third-order valence-electron chi connectivity index (χ3n) is 2.76. The first-order valence-electron chi connectivity index (χ1n) is 4.97. The summed E-state index contributed by atoms with van der Waals surface area (Å²) in [6.45, 7) is 2.67. The zero-order valence-electron chi connectivity index (χ0n) is 8.95. The number of hydrogen-bond donors (Lipinski definition) is 0. The number of benzene rings is 1. The fourth-order valence-corrected chi connectivity index (χ4v) is 1.87. The van der Waals surface area contributed by atoms with Crippen LogP contribution in [0.2, 0.25) is 0 Å². The number of fused-ring (bicyclic) bond motifs is 1. The molecule has 1 aromatic rings. The molecule has 0 saturated carbocycles. The van der Waals surface area contributed by atoms with Gasteiger partial charge in [-0.2, -0.15) is 0 Å². The SMILES string of the molecule is COc1ccc2c(c1)C(C(C)=O)COC2. The largest absolute Gasteiger partial charge is 0.497 e. The smallest absolute Gasteiger partial charge is 0.139 e. The molecule has 2 rings (SSSR count). The highest BCUT2D eigenvalue weighted by Crippen LogP contribution is 2.30. The van der Waals surface area contributed by atoms with Crippen molar-refractivity contribution in [2.24, 2.45) is 0 Å². The molecule has 3 heteroatoms. The molecular weight excluding hydrogens is 192 g/mol. The van der Waals surface area contributed by atoms with Crippen molar-refractivity contribution in [2.75, 3.05) is 13.7 Å². The van der Waals surface area contributed by atoms with Gasteiger partial charge in [0.1, 0.15) is 11.5 Å². The quantitative estimate of drug-likeness (QED) is 0.741. The van der Waals surface area contributed by atoms with Crippen LogP contribution in [0, 0.1) is 0 Å². The van der Waals surface area contributed by atoms with Gasteiger partial charge >= 0.3 is 0 Å². The minimum absolute atomic E-state index is 0.135. The van der Waals surface area contributed by atoms with Gasteiger partial charge in [0.05, 0.1) is 26.2 Å². The van der Waals surface area contributed by atoms with Crippen LogP contribution in [0.4, 0.5) is 0 Å². The molecule has 15 heavy (non-hydrogen) atoms. The molecule has 0 aliphatic carbocycles. The van der Waals surface area contributed by atoms with Crippen LogP contribution in [0.25, 0.3) is 0 Å². The molecule has 1 aliphatic heterocycles. The minimum Gasteiger partial charge on any atom is -0.497 e. The second-order valence-corrected chi connectivity index (χ2v) is 3.74. The lowest BCUT2D eigenvalue weighted by atomic mass is 9.90. The number of ketones is 1. The summed E-state index contributed by atoms with van der Waals surface area (Å²) in [5, 5.41) is 0. The molecule has 1 aromatic carbocycles. The van der Waals surface area contributed by atoms with Gasteiger partial charge in [-0.3, -0.25) is 4.79 Å². The van der Waals surface area contributed by atoms with E-state index >= 15 is 0 Å². The van der Waals surface area contributed by atoms with E-state index in [0.717, 1.165) is 16.9 Å². The number of ether oxygens (including phenoxy) is 2. The van der Waals surface area contributed by atoms with Gasteiger partial charge in [0.25, 0.3) is 0 Å². The first-order valence-corrected chi connectivity index (χ1v) is 4.97. The number of carbonyl (C=O) groups is 1. The Kier molecular flexibility index (Phi) is 2.73. The molecule has 0 bridgehead atoms. The van der Waals surface area contributed by atoms with Crippen molar-refractivity contribution < 1.29 is 14.3 Å². The maximum Gasteiger partial charge on any atom is 0.139 e. The van der Waals surface area contributed by atoms with Crippen molar-refractivity contribution in [3.05, 3.63) is 29.3 Å². The van der Waals surface area contributed by atoms with Crippen molar-refractivity contribution in [2.45, 2.75) is 19.4 Å². The van der Waals surface area contributed by atoms with Gasteiger partial charge in [-0.1, -0.05) is 6.07 Å². The molecule has 0 aromatic heterocycles. The maximum atomic E-state index is 11.4. The topological polar surface area (TPSA) is 35.5 Å². The van der Waals surface area contributed by atoms with E-state index in [1.54, 1.807) is 14.0 Å². The summed E-state index contributed by atoms with van der Waals surface area (Å²) in [5.41, 5.74) is 2.13. The number of rotatable bonds is 2. The Morgan fingerprint density at radius 2 is 2.33 bits per heavy atom. The van der Waals surface area contributed by atoms with Gasteiger partial charge in [-0.05, 0) is 30.2 Å². The highest BCUT2D eigenvalue weighted by Gasteiger charge is 2.24. The predicted molar refractivity (Wildman–Crippen MR) is 56.1 cm³/mol. The maximum absolute atomic E-state index is 11.4. The van der Waals surface area contributed by atoms with E-state index in [-0.39, 0.29) is 11.7 Å². The molecule has 0 N–H and O–H groups in total. The molecule has 1 atom stereocenters. The summed E-state index contributed by atoms with van der Waals surface area (Å²) in [6.07, 6.45) is 0. The monoisotopic (exact) mass is 206 g/mol. The lowest BCUT2D eigenvalue weighted by Gasteiger charge is -2.24. The molecule has 1 heterocycles. The zero-order chi connectivity index (χ0) is 10.8. The van der Waals surface area contributed by atoms with Gasteiger partial charge < -0.3 is 9.47 Å². The lowest BCUT2D eigenvalue weighted by Crippen LogP contribution is -2.22. The molecule has 0 radical (unpaired) electrons. The van der Waals surface area contributed by atoms with Crippen LogP contribution in [0.15, 0.2) is 18.2 Å². The van der Waals surface area contributed by atoms with Gasteiger partial charge in [0.15, 0.2) is 0 Å². The Hall–Kier alpha value is -1.35. The van der Waals surface area contributed by atoms with E-state index < -0.39 is 0 Å². The first-order chi connectivity index (χ1) is 7.22. The van der Waals surface area contributed by atoms with Gasteiger partial charge in [-0.25, -0.2) is 0 Å². The standard InChI is InChI=1S/C12H14O3/c1-8(13)12-7-15-6-9-3-4-10(14-2)5-11(9)12/h3-5,12H,6-7H2,1-2H3. The normalized spacial score (nSPS) is 19.5. The summed E-state index contributed by atoms with van der Waals surface area (Å²) in [6, 6.07) is 5.79. The van der Waals surface area contributed by atoms with E-state index in [0.29, 0.717) is 13.2 Å². The molecule has 3 nitrogen and oxygen atoms in total. The molecule has 0 amide bonds. The summed E-state index contributed by atoms with van der Waals surface area (Å²) >= 11 is 0. The van der Waals surface area contributed by atoms with E-state index in [4.69, 9.17) is 9.47 Å². The van der Waals surface area contributed by atoms with Gasteiger partial charge in [-0.15, -0.1) is 0 Å². The summed E-state index contributed by atoms with van der Waals surface area (Å²) in [4.78, 5) is 11.4. The Morgan fingerprint density at radius 1 is 1.53 bits per heavy atom. The molecule has 80 valence electrons. The van der Waals surface area contributed by atoms with Gasteiger partial charge in [0.2, 0.25) is 0 Å². The molecule has 1 aliphatic rings. The second kappa shape index (κ2) is 4.03. The van der Waals surface area contributed by atoms with Crippen LogP contribution in [0.1, 0.15) is 24.0 Å². The number of hydrogen-bond acceptors (Lipinski definition) is 3. The van der Waals surface area contributed by atoms with Crippen molar-refractivity contribution in [1.82, 2.24) is 0 Å². The number of methoxy groups -OCH3 is 1. The Bertz CT molecular complexity index is 384. The molecule has 1 unspecified atom stereocenters. The van der Waals surface area contributed by atoms with E-state index in [1.807, 2.05) is 18.2 Å². The minimum atomic E-state index is -0.135. The van der Waals surface area contributed by atoms with Crippen LogP contribution in [-0.2, 0) is 16.1 Å². The average Bonchev–Trinajstić information content (AvgIpc) is 2.27. The second-order valence-electron chi connectivity index (χ2n) is 3.74. The Labute approximate surface area is 89.0 Å². The number of carbonyl (C=O) groups excluding carboxylic acids is 1. The molecular formula is C12H14O3. The van der Waals surface area contributed by atoms with Crippen molar-refractivity contribution in [3.8, 4) is 5.75 Å². The average molecular weight is 206 g/mol. The summed E-state index contributed by atoms with van der Waals surface area (Å²) in [7, 11) is 1.63. The van der Waals surface area contributed by atoms with Crippen LogP contribution in [-0.4, -0.2) is 19.5 Å². The van der Waals surface area contributed by atoms with E-state index in [1.165, 1.54) is 0 Å². The van der Waals surface area contributed by atoms with Crippen LogP contribution >= 0.6 is 0 Å². The van der Waals surface area contributed by atoms with Crippen LogP contribution in [0.3, 0.4) is 0 Å². The Balaban J connectivity index is 2.43. The lowest BCUT2D eigenvalue weighted by molar-refractivity contribution is -0.120. The van der Waals surface area contributed by atoms with E-state index in [2.05, 4.69) is 0 Å². The first kappa shape index (κ1) is 10.2. The highest BCUT2D eigenvalue weighted by atomic mass is 16.5. The van der Waals surface area contributed by atoms with Crippen molar-refractivity contribution >= 4 is 5.78 Å². The molecule has 0 saturated heterocycles. The number of Topliss-reactive ketones (excluding diaryl/α,β-unsaturated/α-hetero) is 1. The fraction of sp³-hybridized carbons (Fsp3) is 0.417. The third kappa shape index (κ3) is 1.88. The molecule has 0 fully saturated rings.